The van der Waals surface area contributed by atoms with Crippen molar-refractivity contribution in [2.75, 3.05) is 0 Å². The minimum absolute atomic E-state index is 0. The first-order valence-electron chi connectivity index (χ1n) is 6.39. The van der Waals surface area contributed by atoms with Crippen LogP contribution in [0.4, 0.5) is 0 Å². The molecule has 1 fully saturated rings. The molecule has 1 amide bonds. The smallest absolute Gasteiger partial charge is 0.237 e. The molecule has 1 aromatic carbocycles. The fourth-order valence-electron chi connectivity index (χ4n) is 2.20. The van der Waals surface area contributed by atoms with Crippen molar-refractivity contribution in [2.45, 2.75) is 38.3 Å². The van der Waals surface area contributed by atoms with Crippen molar-refractivity contribution in [3.8, 4) is 0 Å². The summed E-state index contributed by atoms with van der Waals surface area (Å²) in [7, 11) is 0. The number of benzene rings is 1. The Morgan fingerprint density at radius 3 is 2.37 bits per heavy atom. The van der Waals surface area contributed by atoms with E-state index in [-0.39, 0.29) is 24.4 Å². The van der Waals surface area contributed by atoms with E-state index in [1.54, 1.807) is 6.92 Å². The molecule has 0 bridgehead atoms. The lowest BCUT2D eigenvalue weighted by atomic mass is 9.77. The largest absolute Gasteiger partial charge is 0.348 e. The second-order valence-corrected chi connectivity index (χ2v) is 5.45. The van der Waals surface area contributed by atoms with Gasteiger partial charge in [0.2, 0.25) is 5.91 Å². The quantitative estimate of drug-likeness (QED) is 0.898. The molecule has 0 heterocycles. The van der Waals surface area contributed by atoms with Crippen molar-refractivity contribution in [2.24, 2.45) is 11.7 Å². The van der Waals surface area contributed by atoms with E-state index in [2.05, 4.69) is 5.32 Å². The Bertz CT molecular complexity index is 416. The Morgan fingerprint density at radius 2 is 1.95 bits per heavy atom. The van der Waals surface area contributed by atoms with Crippen molar-refractivity contribution < 1.29 is 4.79 Å². The number of rotatable bonds is 4. The molecule has 3 nitrogen and oxygen atoms in total. The number of hydrogen-bond donors (Lipinski definition) is 2. The number of carbonyl (C=O) groups excluding carboxylic acids is 1. The molecule has 106 valence electrons. The molecule has 1 aromatic rings. The summed E-state index contributed by atoms with van der Waals surface area (Å²) in [6.45, 7) is 1.70. The van der Waals surface area contributed by atoms with Crippen LogP contribution in [0.3, 0.4) is 0 Å². The van der Waals surface area contributed by atoms with Gasteiger partial charge in [0, 0.05) is 5.02 Å². The molecule has 0 saturated heterocycles. The molecule has 0 radical (unpaired) electrons. The Morgan fingerprint density at radius 1 is 1.37 bits per heavy atom. The van der Waals surface area contributed by atoms with E-state index in [0.717, 1.165) is 18.4 Å². The fourth-order valence-corrected chi connectivity index (χ4v) is 2.33. The van der Waals surface area contributed by atoms with E-state index in [0.29, 0.717) is 10.9 Å². The summed E-state index contributed by atoms with van der Waals surface area (Å²) in [5.74, 6) is 0.427. The molecule has 3 N–H and O–H groups in total. The molecule has 5 heteroatoms. The number of amides is 1. The summed E-state index contributed by atoms with van der Waals surface area (Å²) in [5, 5.41) is 3.76. The Kier molecular flexibility index (Phi) is 6.11. The summed E-state index contributed by atoms with van der Waals surface area (Å²) in [4.78, 5) is 11.8. The van der Waals surface area contributed by atoms with E-state index in [9.17, 15) is 4.79 Å². The third-order valence-electron chi connectivity index (χ3n) is 3.56. The molecule has 1 saturated carbocycles. The van der Waals surface area contributed by atoms with Crippen LogP contribution in [0, 0.1) is 5.92 Å². The molecule has 1 aliphatic carbocycles. The zero-order valence-electron chi connectivity index (χ0n) is 10.9. The van der Waals surface area contributed by atoms with Crippen LogP contribution in [0.2, 0.25) is 5.02 Å². The van der Waals surface area contributed by atoms with Crippen molar-refractivity contribution in [1.29, 1.82) is 0 Å². The average Bonchev–Trinajstić information content (AvgIpc) is 2.26. The van der Waals surface area contributed by atoms with E-state index in [4.69, 9.17) is 17.3 Å². The van der Waals surface area contributed by atoms with Gasteiger partial charge in [0.25, 0.3) is 0 Å². The summed E-state index contributed by atoms with van der Waals surface area (Å²) in [6.07, 6.45) is 3.56. The van der Waals surface area contributed by atoms with Crippen molar-refractivity contribution >= 4 is 29.9 Å². The lowest BCUT2D eigenvalue weighted by molar-refractivity contribution is -0.123. The second-order valence-electron chi connectivity index (χ2n) is 5.02. The van der Waals surface area contributed by atoms with Gasteiger partial charge < -0.3 is 11.1 Å². The second kappa shape index (κ2) is 7.13. The Labute approximate surface area is 125 Å². The zero-order chi connectivity index (χ0) is 13.1. The zero-order valence-corrected chi connectivity index (χ0v) is 12.5. The lowest BCUT2D eigenvalue weighted by Gasteiger charge is -2.35. The molecular formula is C14H20Cl2N2O. The van der Waals surface area contributed by atoms with Gasteiger partial charge in [-0.1, -0.05) is 30.2 Å². The number of nitrogens with one attached hydrogen (secondary N) is 1. The number of carbonyl (C=O) groups is 1. The molecule has 2 atom stereocenters. The highest BCUT2D eigenvalue weighted by molar-refractivity contribution is 6.30. The summed E-state index contributed by atoms with van der Waals surface area (Å²) >= 11 is 5.89. The van der Waals surface area contributed by atoms with Crippen LogP contribution in [-0.2, 0) is 4.79 Å². The van der Waals surface area contributed by atoms with Gasteiger partial charge in [0.05, 0.1) is 12.1 Å². The van der Waals surface area contributed by atoms with Gasteiger partial charge in [-0.3, -0.25) is 4.79 Å². The van der Waals surface area contributed by atoms with Crippen LogP contribution >= 0.6 is 24.0 Å². The summed E-state index contributed by atoms with van der Waals surface area (Å²) < 4.78 is 0. The van der Waals surface area contributed by atoms with Gasteiger partial charge >= 0.3 is 0 Å². The maximum atomic E-state index is 11.8. The maximum Gasteiger partial charge on any atom is 0.237 e. The van der Waals surface area contributed by atoms with Crippen LogP contribution in [0.15, 0.2) is 24.3 Å². The molecule has 0 aliphatic heterocycles. The Balaban J connectivity index is 0.00000180. The van der Waals surface area contributed by atoms with Crippen LogP contribution in [0.25, 0.3) is 0 Å². The van der Waals surface area contributed by atoms with Crippen LogP contribution in [0.1, 0.15) is 37.8 Å². The number of nitrogens with two attached hydrogens (primary N) is 1. The fraction of sp³-hybridized carbons (Fsp3) is 0.500. The van der Waals surface area contributed by atoms with Crippen molar-refractivity contribution in [3.05, 3.63) is 34.9 Å². The highest BCUT2D eigenvalue weighted by atomic mass is 35.5. The van der Waals surface area contributed by atoms with E-state index in [1.807, 2.05) is 24.3 Å². The summed E-state index contributed by atoms with van der Waals surface area (Å²) in [5.41, 5.74) is 6.72. The SMILES string of the molecule is C[C@@H](N)C(=O)NC(c1ccc(Cl)cc1)C1CCC1.Cl. The molecule has 0 aromatic heterocycles. The Hall–Kier alpha value is -0.770. The topological polar surface area (TPSA) is 55.1 Å². The average molecular weight is 303 g/mol. The molecular weight excluding hydrogens is 283 g/mol. The van der Waals surface area contributed by atoms with Crippen LogP contribution in [0.5, 0.6) is 0 Å². The number of halogens is 2. The summed E-state index contributed by atoms with van der Waals surface area (Å²) in [6, 6.07) is 7.27. The van der Waals surface area contributed by atoms with Crippen molar-refractivity contribution in [1.82, 2.24) is 5.32 Å². The molecule has 1 unspecified atom stereocenters. The highest BCUT2D eigenvalue weighted by Gasteiger charge is 2.30. The van der Waals surface area contributed by atoms with E-state index >= 15 is 0 Å². The first kappa shape index (κ1) is 16.3. The third-order valence-corrected chi connectivity index (χ3v) is 3.81. The highest BCUT2D eigenvalue weighted by Crippen LogP contribution is 2.37. The van der Waals surface area contributed by atoms with Crippen LogP contribution < -0.4 is 11.1 Å². The standard InChI is InChI=1S/C14H19ClN2O.ClH/c1-9(16)14(18)17-13(10-3-2-4-10)11-5-7-12(15)8-6-11;/h5-10,13H,2-4,16H2,1H3,(H,17,18);1H/t9-,13?;/m1./s1. The van der Waals surface area contributed by atoms with Gasteiger partial charge in [0.15, 0.2) is 0 Å². The van der Waals surface area contributed by atoms with Gasteiger partial charge in [-0.15, -0.1) is 12.4 Å². The minimum atomic E-state index is -0.472. The maximum absolute atomic E-state index is 11.8. The third kappa shape index (κ3) is 4.10. The lowest BCUT2D eigenvalue weighted by Crippen LogP contribution is -2.43. The van der Waals surface area contributed by atoms with E-state index < -0.39 is 6.04 Å². The molecule has 0 spiro atoms. The molecule has 19 heavy (non-hydrogen) atoms. The van der Waals surface area contributed by atoms with Gasteiger partial charge in [-0.25, -0.2) is 0 Å². The molecule has 1 aliphatic rings. The minimum Gasteiger partial charge on any atom is -0.348 e. The van der Waals surface area contributed by atoms with E-state index in [1.165, 1.54) is 6.42 Å². The molecule has 2 rings (SSSR count). The number of hydrogen-bond acceptors (Lipinski definition) is 2. The van der Waals surface area contributed by atoms with Gasteiger partial charge in [-0.2, -0.15) is 0 Å². The van der Waals surface area contributed by atoms with Crippen molar-refractivity contribution in [3.63, 3.8) is 0 Å². The predicted octanol–water partition coefficient (Wildman–Crippen LogP) is 3.07. The van der Waals surface area contributed by atoms with Crippen LogP contribution in [-0.4, -0.2) is 11.9 Å². The van der Waals surface area contributed by atoms with Gasteiger partial charge in [-0.05, 0) is 43.4 Å². The first-order chi connectivity index (χ1) is 8.58. The normalized spacial score (nSPS) is 17.8. The monoisotopic (exact) mass is 302 g/mol. The van der Waals surface area contributed by atoms with Gasteiger partial charge in [0.1, 0.15) is 0 Å². The first-order valence-corrected chi connectivity index (χ1v) is 6.77. The predicted molar refractivity (Wildman–Crippen MR) is 80.6 cm³/mol.